The van der Waals surface area contributed by atoms with E-state index in [4.69, 9.17) is 9.57 Å². The van der Waals surface area contributed by atoms with E-state index in [1.54, 1.807) is 24.3 Å². The molecule has 6 rings (SSSR count). The van der Waals surface area contributed by atoms with Crippen LogP contribution in [0.3, 0.4) is 0 Å². The van der Waals surface area contributed by atoms with Gasteiger partial charge in [-0.3, -0.25) is 0 Å². The van der Waals surface area contributed by atoms with Crippen LogP contribution in [0, 0.1) is 5.92 Å². The first-order valence-corrected chi connectivity index (χ1v) is 10.7. The number of hydrogen-bond donors (Lipinski definition) is 1. The summed E-state index contributed by atoms with van der Waals surface area (Å²) in [5.41, 5.74) is 1.30. The van der Waals surface area contributed by atoms with Crippen LogP contribution in [0.1, 0.15) is 18.0 Å². The lowest BCUT2D eigenvalue weighted by Crippen LogP contribution is -2.53. The minimum absolute atomic E-state index is 0.256. The first-order chi connectivity index (χ1) is 15.6. The lowest BCUT2D eigenvalue weighted by molar-refractivity contribution is 0.0320. The normalized spacial score (nSPS) is 29.2. The Kier molecular flexibility index (Phi) is 4.41. The van der Waals surface area contributed by atoms with Crippen molar-refractivity contribution in [1.82, 2.24) is 13.9 Å². The van der Waals surface area contributed by atoms with Gasteiger partial charge in [0.2, 0.25) is 0 Å². The molecule has 2 aromatic carbocycles. The highest BCUT2D eigenvalue weighted by Crippen LogP contribution is 2.46. The van der Waals surface area contributed by atoms with Crippen molar-refractivity contribution in [3.8, 4) is 5.69 Å². The van der Waals surface area contributed by atoms with Gasteiger partial charge in [0.15, 0.2) is 0 Å². The number of fused-ring (bicyclic) bond motifs is 4. The highest BCUT2D eigenvalue weighted by Gasteiger charge is 2.61. The fraction of sp³-hybridized carbons (Fsp3) is 0.348. The third-order valence-corrected chi connectivity index (χ3v) is 6.55. The van der Waals surface area contributed by atoms with E-state index in [1.807, 2.05) is 36.4 Å². The van der Waals surface area contributed by atoms with Crippen molar-refractivity contribution >= 4 is 5.71 Å². The minimum atomic E-state index is -0.909. The lowest BCUT2D eigenvalue weighted by Gasteiger charge is -2.38. The molecule has 1 N–H and O–H groups in total. The van der Waals surface area contributed by atoms with E-state index in [2.05, 4.69) is 5.16 Å². The molecule has 32 heavy (non-hydrogen) atoms. The molecule has 2 fully saturated rings. The molecule has 0 bridgehead atoms. The molecular weight excluding hydrogens is 412 g/mol. The Balaban J connectivity index is 1.37. The maximum atomic E-state index is 13.3. The summed E-state index contributed by atoms with van der Waals surface area (Å²) in [5, 5.41) is 15.4. The minimum Gasteiger partial charge on any atom is -0.391 e. The summed E-state index contributed by atoms with van der Waals surface area (Å²) in [5.74, 6) is -0.256. The lowest BCUT2D eigenvalue weighted by atomic mass is 9.78. The number of rotatable bonds is 4. The number of oxime groups is 1. The summed E-state index contributed by atoms with van der Waals surface area (Å²) in [6.45, 7) is 0.660. The van der Waals surface area contributed by atoms with Gasteiger partial charge in [-0.15, -0.1) is 0 Å². The zero-order chi connectivity index (χ0) is 21.8. The number of hydrogen-bond acceptors (Lipinski definition) is 6. The second-order valence-electron chi connectivity index (χ2n) is 8.38. The SMILES string of the molecule is O=c1n(-c2ccccc2)c(=O)n2n1CC[C@@H]1/C(=N/OCc3ccccc3)[C@H]3O[C@H]3[C@@H](O)[C@@H]12. The molecule has 3 aliphatic rings. The van der Waals surface area contributed by atoms with Gasteiger partial charge in [-0.1, -0.05) is 53.7 Å². The molecule has 9 heteroatoms. The number of ether oxygens (including phenoxy) is 1. The predicted molar refractivity (Wildman–Crippen MR) is 115 cm³/mol. The van der Waals surface area contributed by atoms with Crippen molar-refractivity contribution < 1.29 is 14.7 Å². The number of para-hydroxylation sites is 1. The maximum Gasteiger partial charge on any atom is 0.352 e. The molecule has 0 unspecified atom stereocenters. The Morgan fingerprint density at radius 1 is 1.03 bits per heavy atom. The highest BCUT2D eigenvalue weighted by atomic mass is 16.6. The number of aliphatic hydroxyl groups is 1. The van der Waals surface area contributed by atoms with E-state index < -0.39 is 29.6 Å². The molecule has 2 aliphatic heterocycles. The van der Waals surface area contributed by atoms with Crippen molar-refractivity contribution in [2.75, 3.05) is 0 Å². The summed E-state index contributed by atoms with van der Waals surface area (Å²) < 4.78 is 9.66. The van der Waals surface area contributed by atoms with Crippen LogP contribution < -0.4 is 11.4 Å². The molecule has 164 valence electrons. The second kappa shape index (κ2) is 7.32. The van der Waals surface area contributed by atoms with Gasteiger partial charge in [-0.2, -0.15) is 0 Å². The zero-order valence-electron chi connectivity index (χ0n) is 17.2. The van der Waals surface area contributed by atoms with E-state index in [9.17, 15) is 14.7 Å². The molecule has 3 aromatic rings. The van der Waals surface area contributed by atoms with Gasteiger partial charge in [0.25, 0.3) is 0 Å². The molecule has 0 amide bonds. The fourth-order valence-corrected chi connectivity index (χ4v) is 5.00. The monoisotopic (exact) mass is 434 g/mol. The number of benzene rings is 2. The third-order valence-electron chi connectivity index (χ3n) is 6.55. The Morgan fingerprint density at radius 3 is 2.50 bits per heavy atom. The predicted octanol–water partition coefficient (Wildman–Crippen LogP) is 1.08. The van der Waals surface area contributed by atoms with Crippen LogP contribution in [0.4, 0.5) is 0 Å². The number of nitrogens with zero attached hydrogens (tertiary/aromatic N) is 4. The summed E-state index contributed by atoms with van der Waals surface area (Å²) >= 11 is 0. The molecule has 3 heterocycles. The van der Waals surface area contributed by atoms with Crippen molar-refractivity contribution in [3.63, 3.8) is 0 Å². The van der Waals surface area contributed by atoms with Crippen molar-refractivity contribution in [2.24, 2.45) is 11.1 Å². The van der Waals surface area contributed by atoms with Gasteiger partial charge < -0.3 is 14.7 Å². The Labute approximate surface area is 182 Å². The van der Waals surface area contributed by atoms with E-state index in [1.165, 1.54) is 9.36 Å². The van der Waals surface area contributed by atoms with Gasteiger partial charge >= 0.3 is 11.4 Å². The second-order valence-corrected chi connectivity index (χ2v) is 8.38. The quantitative estimate of drug-likeness (QED) is 0.489. The first kappa shape index (κ1) is 19.3. The van der Waals surface area contributed by atoms with Crippen LogP contribution in [-0.2, 0) is 22.7 Å². The summed E-state index contributed by atoms with van der Waals surface area (Å²) in [6, 6.07) is 17.9. The average Bonchev–Trinajstić information content (AvgIpc) is 3.58. The summed E-state index contributed by atoms with van der Waals surface area (Å²) in [4.78, 5) is 32.0. The highest BCUT2D eigenvalue weighted by molar-refractivity contribution is 5.94. The average molecular weight is 434 g/mol. The molecule has 5 atom stereocenters. The van der Waals surface area contributed by atoms with Crippen LogP contribution in [0.15, 0.2) is 75.4 Å². The van der Waals surface area contributed by atoms with E-state index in [0.717, 1.165) is 10.1 Å². The van der Waals surface area contributed by atoms with E-state index in [-0.39, 0.29) is 12.0 Å². The van der Waals surface area contributed by atoms with Crippen molar-refractivity contribution in [2.45, 2.75) is 43.9 Å². The van der Waals surface area contributed by atoms with Crippen LogP contribution >= 0.6 is 0 Å². The smallest absolute Gasteiger partial charge is 0.352 e. The zero-order valence-corrected chi connectivity index (χ0v) is 17.2. The van der Waals surface area contributed by atoms with E-state index >= 15 is 0 Å². The number of aromatic nitrogens is 3. The molecule has 0 radical (unpaired) electrons. The Morgan fingerprint density at radius 2 is 1.75 bits per heavy atom. The summed E-state index contributed by atoms with van der Waals surface area (Å²) in [7, 11) is 0. The van der Waals surface area contributed by atoms with Crippen LogP contribution in [0.25, 0.3) is 5.69 Å². The van der Waals surface area contributed by atoms with Crippen molar-refractivity contribution in [3.05, 3.63) is 87.2 Å². The van der Waals surface area contributed by atoms with Gasteiger partial charge in [0.1, 0.15) is 24.9 Å². The molecule has 1 saturated carbocycles. The van der Waals surface area contributed by atoms with Crippen LogP contribution in [-0.4, -0.2) is 43.1 Å². The number of epoxide rings is 1. The van der Waals surface area contributed by atoms with Gasteiger partial charge in [-0.05, 0) is 24.1 Å². The molecule has 1 saturated heterocycles. The molecule has 1 aromatic heterocycles. The first-order valence-electron chi connectivity index (χ1n) is 10.7. The third kappa shape index (κ3) is 2.89. The van der Waals surface area contributed by atoms with Gasteiger partial charge in [0, 0.05) is 12.5 Å². The van der Waals surface area contributed by atoms with E-state index in [0.29, 0.717) is 31.0 Å². The van der Waals surface area contributed by atoms with Gasteiger partial charge in [-0.25, -0.2) is 23.5 Å². The number of aliphatic hydroxyl groups excluding tert-OH is 1. The van der Waals surface area contributed by atoms with Crippen LogP contribution in [0.5, 0.6) is 0 Å². The van der Waals surface area contributed by atoms with Crippen molar-refractivity contribution in [1.29, 1.82) is 0 Å². The Hall–Kier alpha value is -3.43. The standard InChI is InChI=1S/C23H22N4O5/c28-19-18-16(17(20-21(19)32-20)24-31-13-14-7-3-1-4-8-14)11-12-25-22(29)26(23(30)27(18)25)15-9-5-2-6-10-15/h1-10,16,18-21,28H,11-13H2/b24-17-/t16-,18-,19+,20-,21+/m1/s1. The molecule has 0 spiro atoms. The molecular formula is C23H22N4O5. The Bertz CT molecular complexity index is 1290. The maximum absolute atomic E-state index is 13.3. The summed E-state index contributed by atoms with van der Waals surface area (Å²) in [6.07, 6.45) is -1.12. The van der Waals surface area contributed by atoms with Crippen LogP contribution in [0.2, 0.25) is 0 Å². The topological polar surface area (TPSA) is 103 Å². The largest absolute Gasteiger partial charge is 0.391 e. The molecule has 1 aliphatic carbocycles. The molecule has 9 nitrogen and oxygen atoms in total. The fourth-order valence-electron chi connectivity index (χ4n) is 5.00. The van der Waals surface area contributed by atoms with Gasteiger partial charge in [0.05, 0.1) is 17.4 Å².